The smallest absolute Gasteiger partial charge is 0.420 e. The Balaban J connectivity index is 1.33. The van der Waals surface area contributed by atoms with E-state index >= 15 is 0 Å². The van der Waals surface area contributed by atoms with Crippen LogP contribution in [0.5, 0.6) is 0 Å². The van der Waals surface area contributed by atoms with E-state index in [9.17, 15) is 19.1 Å². The van der Waals surface area contributed by atoms with Crippen LogP contribution in [0.3, 0.4) is 0 Å². The first-order chi connectivity index (χ1) is 21.3. The van der Waals surface area contributed by atoms with Crippen molar-refractivity contribution in [3.05, 3.63) is 96.7 Å². The van der Waals surface area contributed by atoms with Crippen LogP contribution < -0.4 is 15.5 Å². The van der Waals surface area contributed by atoms with Gasteiger partial charge in [0.05, 0.1) is 23.7 Å². The summed E-state index contributed by atoms with van der Waals surface area (Å²) in [6.07, 6.45) is 8.57. The van der Waals surface area contributed by atoms with Crippen LogP contribution in [0.25, 0.3) is 0 Å². The van der Waals surface area contributed by atoms with E-state index in [1.54, 1.807) is 60.5 Å². The van der Waals surface area contributed by atoms with Crippen LogP contribution in [-0.4, -0.2) is 67.5 Å². The molecule has 0 atom stereocenters. The Morgan fingerprint density at radius 3 is 2.68 bits per heavy atom. The van der Waals surface area contributed by atoms with E-state index in [0.29, 0.717) is 29.2 Å². The molecule has 13 heteroatoms. The number of likely N-dealkylation sites (tertiary alicyclic amines) is 1. The Bertz CT molecular complexity index is 1600. The van der Waals surface area contributed by atoms with Crippen molar-refractivity contribution in [2.24, 2.45) is 7.05 Å². The van der Waals surface area contributed by atoms with Crippen LogP contribution in [0.2, 0.25) is 0 Å². The lowest BCUT2D eigenvalue weighted by Gasteiger charge is -2.28. The number of carbonyl (C=O) groups excluding carboxylic acids is 2. The topological polar surface area (TPSA) is 138 Å². The third-order valence-electron chi connectivity index (χ3n) is 6.85. The standard InChI is InChI=1S/C31H33FN8O4/c1-38-20-25(19-34-38)36-30-33-14-11-28(37-30)40(31(43)44-21-22-7-9-23(32)10-8-22)26-5-2-4-24(18-26)35-29(42)6-3-15-39-16-12-27(41)13-17-39/h2-11,14,18-20,27,41H,12-13,15-17,21H2,1H3,(H,35,42)(H,33,36,37)/b6-3+. The predicted octanol–water partition coefficient (Wildman–Crippen LogP) is 4.52. The first-order valence-electron chi connectivity index (χ1n) is 14.1. The molecule has 44 heavy (non-hydrogen) atoms. The zero-order chi connectivity index (χ0) is 30.9. The Labute approximate surface area is 253 Å². The van der Waals surface area contributed by atoms with Gasteiger partial charge in [0.15, 0.2) is 0 Å². The quantitative estimate of drug-likeness (QED) is 0.224. The molecule has 2 aromatic heterocycles. The molecule has 0 aliphatic carbocycles. The SMILES string of the molecule is Cn1cc(Nc2nccc(N(C(=O)OCc3ccc(F)cc3)c3cccc(NC(=O)/C=C/CN4CCC(O)CC4)c3)n2)cn1. The van der Waals surface area contributed by atoms with Gasteiger partial charge in [-0.3, -0.25) is 14.4 Å². The third-order valence-corrected chi connectivity index (χ3v) is 6.85. The molecule has 0 saturated carbocycles. The predicted molar refractivity (Wildman–Crippen MR) is 163 cm³/mol. The number of carbonyl (C=O) groups is 2. The zero-order valence-electron chi connectivity index (χ0n) is 24.1. The van der Waals surface area contributed by atoms with Crippen molar-refractivity contribution in [3.63, 3.8) is 0 Å². The summed E-state index contributed by atoms with van der Waals surface area (Å²) in [5.74, 6) is -0.277. The van der Waals surface area contributed by atoms with Gasteiger partial charge >= 0.3 is 6.09 Å². The number of piperidine rings is 1. The number of hydrogen-bond acceptors (Lipinski definition) is 9. The fourth-order valence-corrected chi connectivity index (χ4v) is 4.59. The highest BCUT2D eigenvalue weighted by molar-refractivity contribution is 6.01. The van der Waals surface area contributed by atoms with E-state index in [0.717, 1.165) is 25.9 Å². The number of aliphatic hydroxyl groups excluding tert-OH is 1. The summed E-state index contributed by atoms with van der Waals surface area (Å²) in [6, 6.07) is 13.9. The molecule has 0 spiro atoms. The van der Waals surface area contributed by atoms with Gasteiger partial charge in [0.1, 0.15) is 18.2 Å². The summed E-state index contributed by atoms with van der Waals surface area (Å²) in [5.41, 5.74) is 2.10. The normalized spacial score (nSPS) is 14.0. The molecule has 0 radical (unpaired) electrons. The van der Waals surface area contributed by atoms with Crippen LogP contribution in [-0.2, 0) is 23.2 Å². The number of aromatic nitrogens is 4. The average molecular weight is 601 g/mol. The van der Waals surface area contributed by atoms with Gasteiger partial charge in [-0.25, -0.2) is 19.1 Å². The van der Waals surface area contributed by atoms with Crippen molar-refractivity contribution in [3.8, 4) is 0 Å². The van der Waals surface area contributed by atoms with Crippen molar-refractivity contribution in [2.45, 2.75) is 25.6 Å². The van der Waals surface area contributed by atoms with Gasteiger partial charge in [0, 0.05) is 56.9 Å². The van der Waals surface area contributed by atoms with E-state index in [-0.39, 0.29) is 30.4 Å². The van der Waals surface area contributed by atoms with E-state index in [1.165, 1.54) is 41.4 Å². The van der Waals surface area contributed by atoms with Gasteiger partial charge < -0.3 is 20.5 Å². The van der Waals surface area contributed by atoms with Gasteiger partial charge in [-0.05, 0) is 48.7 Å². The molecular weight excluding hydrogens is 567 g/mol. The van der Waals surface area contributed by atoms with Gasteiger partial charge in [-0.2, -0.15) is 10.1 Å². The van der Waals surface area contributed by atoms with E-state index in [1.807, 2.05) is 0 Å². The number of rotatable bonds is 10. The Hall–Kier alpha value is -5.14. The number of anilines is 5. The molecule has 12 nitrogen and oxygen atoms in total. The minimum absolute atomic E-state index is 0.0985. The molecule has 3 heterocycles. The maximum absolute atomic E-state index is 13.5. The maximum Gasteiger partial charge on any atom is 0.420 e. The second kappa shape index (κ2) is 14.4. The zero-order valence-corrected chi connectivity index (χ0v) is 24.1. The van der Waals surface area contributed by atoms with Crippen molar-refractivity contribution >= 4 is 40.8 Å². The molecule has 3 N–H and O–H groups in total. The lowest BCUT2D eigenvalue weighted by atomic mass is 10.1. The largest absolute Gasteiger partial charge is 0.444 e. The lowest BCUT2D eigenvalue weighted by molar-refractivity contribution is -0.111. The van der Waals surface area contributed by atoms with E-state index in [2.05, 4.69) is 30.6 Å². The van der Waals surface area contributed by atoms with Gasteiger partial charge in [0.25, 0.3) is 0 Å². The minimum atomic E-state index is -0.740. The second-order valence-electron chi connectivity index (χ2n) is 10.3. The molecular formula is C31H33FN8O4. The lowest BCUT2D eigenvalue weighted by Crippen LogP contribution is -2.35. The first-order valence-corrected chi connectivity index (χ1v) is 14.1. The van der Waals surface area contributed by atoms with Crippen molar-refractivity contribution < 1.29 is 23.8 Å². The molecule has 1 fully saturated rings. The molecule has 1 aliphatic rings. The van der Waals surface area contributed by atoms with Crippen molar-refractivity contribution in [1.82, 2.24) is 24.6 Å². The fourth-order valence-electron chi connectivity index (χ4n) is 4.59. The number of nitrogens with one attached hydrogen (secondary N) is 2. The number of amides is 2. The summed E-state index contributed by atoms with van der Waals surface area (Å²) >= 11 is 0. The van der Waals surface area contributed by atoms with Gasteiger partial charge in [-0.15, -0.1) is 0 Å². The molecule has 2 aromatic carbocycles. The summed E-state index contributed by atoms with van der Waals surface area (Å²) in [6.45, 7) is 2.07. The summed E-state index contributed by atoms with van der Waals surface area (Å²) < 4.78 is 20.6. The summed E-state index contributed by atoms with van der Waals surface area (Å²) in [5, 5.41) is 19.7. The second-order valence-corrected chi connectivity index (χ2v) is 10.3. The monoisotopic (exact) mass is 600 g/mol. The molecule has 0 unspecified atom stereocenters. The number of halogens is 1. The highest BCUT2D eigenvalue weighted by Crippen LogP contribution is 2.28. The third kappa shape index (κ3) is 8.46. The van der Waals surface area contributed by atoms with Crippen LogP contribution >= 0.6 is 0 Å². The maximum atomic E-state index is 13.5. The summed E-state index contributed by atoms with van der Waals surface area (Å²) in [4.78, 5) is 38.4. The molecule has 2 amide bonds. The molecule has 5 rings (SSSR count). The highest BCUT2D eigenvalue weighted by Gasteiger charge is 2.23. The number of aryl methyl sites for hydroxylation is 1. The number of benzene rings is 2. The summed E-state index contributed by atoms with van der Waals surface area (Å²) in [7, 11) is 1.78. The van der Waals surface area contributed by atoms with E-state index < -0.39 is 11.9 Å². The molecule has 0 bridgehead atoms. The molecule has 228 valence electrons. The number of hydrogen-bond donors (Lipinski definition) is 3. The average Bonchev–Trinajstić information content (AvgIpc) is 3.42. The van der Waals surface area contributed by atoms with Gasteiger partial charge in [-0.1, -0.05) is 24.3 Å². The first kappa shape index (κ1) is 30.3. The molecule has 1 aliphatic heterocycles. The number of ether oxygens (including phenoxy) is 1. The Kier molecular flexibility index (Phi) is 9.89. The Morgan fingerprint density at radius 2 is 1.93 bits per heavy atom. The van der Waals surface area contributed by atoms with Crippen LogP contribution in [0.1, 0.15) is 18.4 Å². The molecule has 1 saturated heterocycles. The van der Waals surface area contributed by atoms with Gasteiger partial charge in [0.2, 0.25) is 11.9 Å². The Morgan fingerprint density at radius 1 is 1.14 bits per heavy atom. The highest BCUT2D eigenvalue weighted by atomic mass is 19.1. The van der Waals surface area contributed by atoms with Crippen LogP contribution in [0, 0.1) is 5.82 Å². The van der Waals surface area contributed by atoms with Crippen LogP contribution in [0.15, 0.2) is 85.3 Å². The molecule has 4 aromatic rings. The minimum Gasteiger partial charge on any atom is -0.444 e. The van der Waals surface area contributed by atoms with E-state index in [4.69, 9.17) is 4.74 Å². The van der Waals surface area contributed by atoms with Crippen molar-refractivity contribution in [2.75, 3.05) is 35.2 Å². The van der Waals surface area contributed by atoms with Crippen LogP contribution in [0.4, 0.5) is 38.0 Å². The number of aliphatic hydroxyl groups is 1. The number of nitrogens with zero attached hydrogens (tertiary/aromatic N) is 6. The van der Waals surface area contributed by atoms with Crippen molar-refractivity contribution in [1.29, 1.82) is 0 Å². The fraction of sp³-hybridized carbons (Fsp3) is 0.258.